The molecule has 1 aliphatic heterocycles. The van der Waals surface area contributed by atoms with Gasteiger partial charge in [-0.1, -0.05) is 19.1 Å². The maximum atomic E-state index is 13.2. The summed E-state index contributed by atoms with van der Waals surface area (Å²) >= 11 is 0. The largest absolute Gasteiger partial charge is 0.326 e. The molecule has 1 aliphatic rings. The number of nitrogens with zero attached hydrogens (tertiary/aromatic N) is 2. The van der Waals surface area contributed by atoms with E-state index in [0.29, 0.717) is 6.04 Å². The van der Waals surface area contributed by atoms with Crippen molar-refractivity contribution >= 4 is 0 Å². The Morgan fingerprint density at radius 1 is 1.38 bits per heavy atom. The number of rotatable bonds is 5. The van der Waals surface area contributed by atoms with Crippen LogP contribution in [0.25, 0.3) is 0 Å². The van der Waals surface area contributed by atoms with Gasteiger partial charge in [-0.05, 0) is 57.6 Å². The smallest absolute Gasteiger partial charge is 0.123 e. The highest BCUT2D eigenvalue weighted by atomic mass is 19.1. The van der Waals surface area contributed by atoms with Crippen molar-refractivity contribution in [1.29, 1.82) is 0 Å². The average Bonchev–Trinajstić information content (AvgIpc) is 2.49. The Morgan fingerprint density at radius 3 is 2.62 bits per heavy atom. The van der Waals surface area contributed by atoms with Gasteiger partial charge in [-0.2, -0.15) is 0 Å². The molecule has 0 spiro atoms. The maximum Gasteiger partial charge on any atom is 0.123 e. The summed E-state index contributed by atoms with van der Waals surface area (Å²) in [5.41, 5.74) is 7.49. The van der Waals surface area contributed by atoms with Crippen molar-refractivity contribution in [3.8, 4) is 0 Å². The molecule has 1 aromatic carbocycles. The molecule has 3 nitrogen and oxygen atoms in total. The van der Waals surface area contributed by atoms with E-state index in [1.807, 2.05) is 12.1 Å². The number of likely N-dealkylation sites (tertiary alicyclic amines) is 1. The van der Waals surface area contributed by atoms with Crippen LogP contribution in [0, 0.1) is 5.82 Å². The van der Waals surface area contributed by atoms with E-state index >= 15 is 0 Å². The summed E-state index contributed by atoms with van der Waals surface area (Å²) < 4.78 is 13.2. The first-order valence-electron chi connectivity index (χ1n) is 7.94. The van der Waals surface area contributed by atoms with E-state index in [1.54, 1.807) is 0 Å². The van der Waals surface area contributed by atoms with Crippen molar-refractivity contribution in [3.05, 3.63) is 35.6 Å². The summed E-state index contributed by atoms with van der Waals surface area (Å²) in [6.45, 7) is 4.36. The van der Waals surface area contributed by atoms with Crippen molar-refractivity contribution < 1.29 is 4.39 Å². The fourth-order valence-electron chi connectivity index (χ4n) is 3.37. The van der Waals surface area contributed by atoms with E-state index in [4.69, 9.17) is 5.73 Å². The van der Waals surface area contributed by atoms with Gasteiger partial charge in [0, 0.05) is 24.7 Å². The Balaban J connectivity index is 2.20. The lowest BCUT2D eigenvalue weighted by Gasteiger charge is -2.42. The van der Waals surface area contributed by atoms with Gasteiger partial charge >= 0.3 is 0 Å². The molecule has 2 rings (SSSR count). The molecule has 0 aliphatic carbocycles. The molecule has 0 radical (unpaired) electrons. The Kier molecular flexibility index (Phi) is 5.73. The van der Waals surface area contributed by atoms with Crippen LogP contribution in [0.4, 0.5) is 4.39 Å². The van der Waals surface area contributed by atoms with Crippen molar-refractivity contribution in [2.24, 2.45) is 5.73 Å². The Bertz CT molecular complexity index is 434. The van der Waals surface area contributed by atoms with E-state index < -0.39 is 0 Å². The summed E-state index contributed by atoms with van der Waals surface area (Å²) in [4.78, 5) is 4.78. The third-order valence-corrected chi connectivity index (χ3v) is 4.70. The highest BCUT2D eigenvalue weighted by Crippen LogP contribution is 2.28. The van der Waals surface area contributed by atoms with Crippen LogP contribution in [0.1, 0.15) is 37.8 Å². The zero-order valence-corrected chi connectivity index (χ0v) is 13.4. The van der Waals surface area contributed by atoms with Crippen molar-refractivity contribution in [3.63, 3.8) is 0 Å². The molecule has 2 N–H and O–H groups in total. The second-order valence-corrected chi connectivity index (χ2v) is 6.29. The molecule has 0 aromatic heterocycles. The summed E-state index contributed by atoms with van der Waals surface area (Å²) in [7, 11) is 4.33. The SMILES string of the molecule is CCC(N)C(c1ccc(F)cc1)N(C)C1CCCN(C)C1. The van der Waals surface area contributed by atoms with Crippen LogP contribution >= 0.6 is 0 Å². The summed E-state index contributed by atoms with van der Waals surface area (Å²) in [6, 6.07) is 7.53. The average molecular weight is 293 g/mol. The van der Waals surface area contributed by atoms with E-state index in [0.717, 1.165) is 18.5 Å². The maximum absolute atomic E-state index is 13.2. The highest BCUT2D eigenvalue weighted by molar-refractivity contribution is 5.22. The summed E-state index contributed by atoms with van der Waals surface area (Å²) in [5, 5.41) is 0. The van der Waals surface area contributed by atoms with Gasteiger partial charge in [-0.25, -0.2) is 4.39 Å². The van der Waals surface area contributed by atoms with E-state index in [9.17, 15) is 4.39 Å². The van der Waals surface area contributed by atoms with Crippen molar-refractivity contribution in [2.75, 3.05) is 27.2 Å². The minimum Gasteiger partial charge on any atom is -0.326 e. The fourth-order valence-corrected chi connectivity index (χ4v) is 3.37. The summed E-state index contributed by atoms with van der Waals surface area (Å²) in [5.74, 6) is -0.192. The van der Waals surface area contributed by atoms with E-state index in [2.05, 4.69) is 30.8 Å². The molecule has 118 valence electrons. The van der Waals surface area contributed by atoms with Crippen LogP contribution in [-0.2, 0) is 0 Å². The monoisotopic (exact) mass is 293 g/mol. The highest BCUT2D eigenvalue weighted by Gasteiger charge is 2.30. The third kappa shape index (κ3) is 4.02. The zero-order chi connectivity index (χ0) is 15.4. The van der Waals surface area contributed by atoms with Crippen LogP contribution in [0.15, 0.2) is 24.3 Å². The lowest BCUT2D eigenvalue weighted by Crippen LogP contribution is -2.50. The number of hydrogen-bond acceptors (Lipinski definition) is 3. The molecule has 0 bridgehead atoms. The molecule has 1 aromatic rings. The molecular formula is C17H28FN3. The molecule has 3 atom stereocenters. The second kappa shape index (κ2) is 7.34. The third-order valence-electron chi connectivity index (χ3n) is 4.70. The molecule has 3 unspecified atom stereocenters. The topological polar surface area (TPSA) is 32.5 Å². The van der Waals surface area contributed by atoms with Crippen LogP contribution in [0.3, 0.4) is 0 Å². The lowest BCUT2D eigenvalue weighted by atomic mass is 9.93. The van der Waals surface area contributed by atoms with Crippen LogP contribution in [0.5, 0.6) is 0 Å². The van der Waals surface area contributed by atoms with Gasteiger partial charge in [0.15, 0.2) is 0 Å². The molecule has 0 saturated carbocycles. The minimum atomic E-state index is -0.192. The van der Waals surface area contributed by atoms with Gasteiger partial charge in [0.05, 0.1) is 0 Å². The number of halogens is 1. The van der Waals surface area contributed by atoms with Gasteiger partial charge < -0.3 is 10.6 Å². The van der Waals surface area contributed by atoms with Gasteiger partial charge in [-0.15, -0.1) is 0 Å². The molecule has 1 saturated heterocycles. The molecule has 1 fully saturated rings. The normalized spacial score (nSPS) is 23.2. The Labute approximate surface area is 127 Å². The first-order valence-corrected chi connectivity index (χ1v) is 7.94. The first kappa shape index (κ1) is 16.4. The standard InChI is InChI=1S/C17H28FN3/c1-4-16(19)17(13-7-9-14(18)10-8-13)21(3)15-6-5-11-20(2)12-15/h7-10,15-17H,4-6,11-12,19H2,1-3H3. The minimum absolute atomic E-state index is 0.0627. The number of piperidine rings is 1. The molecular weight excluding hydrogens is 265 g/mol. The molecule has 4 heteroatoms. The number of likely N-dealkylation sites (N-methyl/N-ethyl adjacent to an activating group) is 2. The predicted molar refractivity (Wildman–Crippen MR) is 85.7 cm³/mol. The first-order chi connectivity index (χ1) is 10.0. The van der Waals surface area contributed by atoms with Gasteiger partial charge in [0.25, 0.3) is 0 Å². The van der Waals surface area contributed by atoms with Gasteiger partial charge in [-0.3, -0.25) is 4.90 Å². The zero-order valence-electron chi connectivity index (χ0n) is 13.4. The molecule has 21 heavy (non-hydrogen) atoms. The van der Waals surface area contributed by atoms with Crippen LogP contribution in [-0.4, -0.2) is 49.1 Å². The molecule has 0 amide bonds. The number of nitrogens with two attached hydrogens (primary N) is 1. The second-order valence-electron chi connectivity index (χ2n) is 6.29. The van der Waals surface area contributed by atoms with Crippen molar-refractivity contribution in [1.82, 2.24) is 9.80 Å². The van der Waals surface area contributed by atoms with Crippen LogP contribution < -0.4 is 5.73 Å². The van der Waals surface area contributed by atoms with Gasteiger partial charge in [0.2, 0.25) is 0 Å². The Morgan fingerprint density at radius 2 is 2.05 bits per heavy atom. The Hall–Kier alpha value is -0.970. The van der Waals surface area contributed by atoms with Crippen molar-refractivity contribution in [2.45, 2.75) is 44.3 Å². The fraction of sp³-hybridized carbons (Fsp3) is 0.647. The lowest BCUT2D eigenvalue weighted by molar-refractivity contribution is 0.0860. The predicted octanol–water partition coefficient (Wildman–Crippen LogP) is 2.63. The van der Waals surface area contributed by atoms with Gasteiger partial charge in [0.1, 0.15) is 5.82 Å². The quantitative estimate of drug-likeness (QED) is 0.906. The number of benzene rings is 1. The summed E-state index contributed by atoms with van der Waals surface area (Å²) in [6.07, 6.45) is 3.34. The van der Waals surface area contributed by atoms with Crippen LogP contribution in [0.2, 0.25) is 0 Å². The van der Waals surface area contributed by atoms with E-state index in [-0.39, 0.29) is 17.9 Å². The number of hydrogen-bond donors (Lipinski definition) is 1. The van der Waals surface area contributed by atoms with E-state index in [1.165, 1.54) is 31.5 Å². The molecule has 1 heterocycles.